The highest BCUT2D eigenvalue weighted by Gasteiger charge is 2.13. The lowest BCUT2D eigenvalue weighted by Gasteiger charge is -2.08. The van der Waals surface area contributed by atoms with E-state index in [9.17, 15) is 4.79 Å². The number of carboxylic acids is 1. The molecule has 1 aromatic carbocycles. The average Bonchev–Trinajstić information content (AvgIpc) is 2.72. The third kappa shape index (κ3) is 3.09. The highest BCUT2D eigenvalue weighted by Crippen LogP contribution is 2.27. The number of hydrogen-bond acceptors (Lipinski definition) is 3. The molecule has 0 aliphatic heterocycles. The second kappa shape index (κ2) is 5.36. The Morgan fingerprint density at radius 3 is 2.74 bits per heavy atom. The second-order valence-electron chi connectivity index (χ2n) is 4.22. The maximum absolute atomic E-state index is 10.8. The zero-order chi connectivity index (χ0) is 14.0. The molecular weight excluding hydrogens is 268 g/mol. The molecule has 19 heavy (non-hydrogen) atoms. The minimum Gasteiger partial charge on any atom is -0.487 e. The van der Waals surface area contributed by atoms with Crippen LogP contribution < -0.4 is 4.74 Å². The van der Waals surface area contributed by atoms with Gasteiger partial charge < -0.3 is 14.3 Å². The lowest BCUT2D eigenvalue weighted by Crippen LogP contribution is -1.97. The molecule has 1 N–H and O–H groups in total. The fourth-order valence-corrected chi connectivity index (χ4v) is 1.82. The SMILES string of the molecule is Cc1ccc(Cl)c(OCc2cc(C(=O)O)oc2C)c1. The summed E-state index contributed by atoms with van der Waals surface area (Å²) < 4.78 is 10.7. The van der Waals surface area contributed by atoms with Gasteiger partial charge in [-0.15, -0.1) is 0 Å². The van der Waals surface area contributed by atoms with Gasteiger partial charge in [0.25, 0.3) is 0 Å². The number of carbonyl (C=O) groups is 1. The van der Waals surface area contributed by atoms with E-state index in [4.69, 9.17) is 25.9 Å². The first-order valence-corrected chi connectivity index (χ1v) is 6.06. The van der Waals surface area contributed by atoms with Crippen molar-refractivity contribution >= 4 is 17.6 Å². The van der Waals surface area contributed by atoms with Crippen molar-refractivity contribution in [2.75, 3.05) is 0 Å². The van der Waals surface area contributed by atoms with E-state index < -0.39 is 5.97 Å². The molecule has 0 bridgehead atoms. The molecule has 0 radical (unpaired) electrons. The van der Waals surface area contributed by atoms with Crippen molar-refractivity contribution in [2.45, 2.75) is 20.5 Å². The van der Waals surface area contributed by atoms with Gasteiger partial charge in [-0.1, -0.05) is 17.7 Å². The van der Waals surface area contributed by atoms with Gasteiger partial charge in [-0.3, -0.25) is 0 Å². The molecule has 2 rings (SSSR count). The first kappa shape index (κ1) is 13.5. The maximum atomic E-state index is 10.8. The monoisotopic (exact) mass is 280 g/mol. The highest BCUT2D eigenvalue weighted by atomic mass is 35.5. The molecule has 1 heterocycles. The van der Waals surface area contributed by atoms with Crippen LogP contribution in [0.25, 0.3) is 0 Å². The van der Waals surface area contributed by atoms with Crippen LogP contribution in [-0.4, -0.2) is 11.1 Å². The Morgan fingerprint density at radius 2 is 2.11 bits per heavy atom. The number of furan rings is 1. The predicted molar refractivity (Wildman–Crippen MR) is 70.9 cm³/mol. The van der Waals surface area contributed by atoms with Crippen LogP contribution in [0, 0.1) is 13.8 Å². The van der Waals surface area contributed by atoms with E-state index in [0.29, 0.717) is 22.1 Å². The summed E-state index contributed by atoms with van der Waals surface area (Å²) >= 11 is 6.02. The van der Waals surface area contributed by atoms with E-state index >= 15 is 0 Å². The summed E-state index contributed by atoms with van der Waals surface area (Å²) in [6.45, 7) is 3.85. The first-order chi connectivity index (χ1) is 8.97. The standard InChI is InChI=1S/C14H13ClO4/c1-8-3-4-11(15)12(5-8)18-7-10-6-13(14(16)17)19-9(10)2/h3-6H,7H2,1-2H3,(H,16,17). The zero-order valence-electron chi connectivity index (χ0n) is 10.6. The number of hydrogen-bond donors (Lipinski definition) is 1. The molecule has 0 aliphatic rings. The molecule has 4 nitrogen and oxygen atoms in total. The molecule has 5 heteroatoms. The van der Waals surface area contributed by atoms with Gasteiger partial charge in [-0.2, -0.15) is 0 Å². The Balaban J connectivity index is 2.14. The van der Waals surface area contributed by atoms with Crippen LogP contribution in [-0.2, 0) is 6.61 Å². The molecule has 0 fully saturated rings. The van der Waals surface area contributed by atoms with Gasteiger partial charge in [0.1, 0.15) is 18.1 Å². The van der Waals surface area contributed by atoms with Crippen molar-refractivity contribution in [3.63, 3.8) is 0 Å². The first-order valence-electron chi connectivity index (χ1n) is 5.69. The molecule has 0 amide bonds. The molecule has 100 valence electrons. The Morgan fingerprint density at radius 1 is 1.37 bits per heavy atom. The number of aryl methyl sites for hydroxylation is 2. The van der Waals surface area contributed by atoms with E-state index in [2.05, 4.69) is 0 Å². The summed E-state index contributed by atoms with van der Waals surface area (Å²) in [4.78, 5) is 10.8. The van der Waals surface area contributed by atoms with Gasteiger partial charge in [-0.05, 0) is 37.6 Å². The summed E-state index contributed by atoms with van der Waals surface area (Å²) in [5, 5.41) is 9.35. The minimum atomic E-state index is -1.09. The third-order valence-corrected chi connectivity index (χ3v) is 3.01. The summed E-state index contributed by atoms with van der Waals surface area (Å²) in [6.07, 6.45) is 0. The van der Waals surface area contributed by atoms with E-state index in [1.54, 1.807) is 13.0 Å². The van der Waals surface area contributed by atoms with Crippen molar-refractivity contribution in [3.05, 3.63) is 51.9 Å². The van der Waals surface area contributed by atoms with E-state index in [1.807, 2.05) is 19.1 Å². The fraction of sp³-hybridized carbons (Fsp3) is 0.214. The van der Waals surface area contributed by atoms with Crippen molar-refractivity contribution in [3.8, 4) is 5.75 Å². The molecule has 1 aromatic heterocycles. The molecule has 2 aromatic rings. The number of rotatable bonds is 4. The third-order valence-electron chi connectivity index (χ3n) is 2.70. The number of carboxylic acid groups (broad SMARTS) is 1. The summed E-state index contributed by atoms with van der Waals surface area (Å²) in [5.74, 6) is -0.0882. The summed E-state index contributed by atoms with van der Waals surface area (Å²) in [6, 6.07) is 6.94. The van der Waals surface area contributed by atoms with Crippen LogP contribution in [0.5, 0.6) is 5.75 Å². The lowest BCUT2D eigenvalue weighted by atomic mass is 10.2. The Kier molecular flexibility index (Phi) is 3.81. The molecule has 0 atom stereocenters. The second-order valence-corrected chi connectivity index (χ2v) is 4.63. The summed E-state index contributed by atoms with van der Waals surface area (Å²) in [5.41, 5.74) is 1.73. The Bertz CT molecular complexity index is 616. The Labute approximate surface area is 115 Å². The van der Waals surface area contributed by atoms with E-state index in [0.717, 1.165) is 5.56 Å². The normalized spacial score (nSPS) is 10.5. The topological polar surface area (TPSA) is 59.7 Å². The van der Waals surface area contributed by atoms with Gasteiger partial charge in [0.05, 0.1) is 5.02 Å². The average molecular weight is 281 g/mol. The van der Waals surface area contributed by atoms with Crippen LogP contribution in [0.4, 0.5) is 0 Å². The molecule has 0 saturated carbocycles. The highest BCUT2D eigenvalue weighted by molar-refractivity contribution is 6.32. The Hall–Kier alpha value is -1.94. The number of benzene rings is 1. The molecular formula is C14H13ClO4. The summed E-state index contributed by atoms with van der Waals surface area (Å²) in [7, 11) is 0. The minimum absolute atomic E-state index is 0.0913. The molecule has 0 aliphatic carbocycles. The van der Waals surface area contributed by atoms with Gasteiger partial charge in [-0.25, -0.2) is 4.79 Å². The molecule has 0 spiro atoms. The predicted octanol–water partition coefficient (Wildman–Crippen LogP) is 3.83. The maximum Gasteiger partial charge on any atom is 0.371 e. The van der Waals surface area contributed by atoms with Gasteiger partial charge in [0.2, 0.25) is 5.76 Å². The van der Waals surface area contributed by atoms with Gasteiger partial charge in [0, 0.05) is 5.56 Å². The van der Waals surface area contributed by atoms with Crippen molar-refractivity contribution in [1.82, 2.24) is 0 Å². The van der Waals surface area contributed by atoms with Crippen molar-refractivity contribution in [1.29, 1.82) is 0 Å². The smallest absolute Gasteiger partial charge is 0.371 e. The largest absolute Gasteiger partial charge is 0.487 e. The van der Waals surface area contributed by atoms with Gasteiger partial charge >= 0.3 is 5.97 Å². The van der Waals surface area contributed by atoms with Crippen molar-refractivity contribution < 1.29 is 19.1 Å². The molecule has 0 saturated heterocycles. The van der Waals surface area contributed by atoms with Crippen LogP contribution in [0.2, 0.25) is 5.02 Å². The van der Waals surface area contributed by atoms with Crippen LogP contribution in [0.1, 0.15) is 27.4 Å². The van der Waals surface area contributed by atoms with Crippen LogP contribution in [0.15, 0.2) is 28.7 Å². The van der Waals surface area contributed by atoms with E-state index in [1.165, 1.54) is 6.07 Å². The van der Waals surface area contributed by atoms with E-state index in [-0.39, 0.29) is 12.4 Å². The van der Waals surface area contributed by atoms with Gasteiger partial charge in [0.15, 0.2) is 0 Å². The number of aromatic carboxylic acids is 1. The molecule has 0 unspecified atom stereocenters. The quantitative estimate of drug-likeness (QED) is 0.925. The number of ether oxygens (including phenoxy) is 1. The van der Waals surface area contributed by atoms with Crippen LogP contribution >= 0.6 is 11.6 Å². The lowest BCUT2D eigenvalue weighted by molar-refractivity contribution is 0.0661. The number of halogens is 1. The van der Waals surface area contributed by atoms with Crippen molar-refractivity contribution in [2.24, 2.45) is 0 Å². The fourth-order valence-electron chi connectivity index (χ4n) is 1.65. The van der Waals surface area contributed by atoms with Crippen LogP contribution in [0.3, 0.4) is 0 Å². The zero-order valence-corrected chi connectivity index (χ0v) is 11.3.